The number of aromatic nitrogens is 3. The molecule has 1 N–H and O–H groups in total. The molecule has 1 aliphatic heterocycles. The number of methoxy groups -OCH3 is 1. The minimum absolute atomic E-state index is 0.0759. The molecule has 2 aromatic heterocycles. The Morgan fingerprint density at radius 3 is 2.92 bits per heavy atom. The smallest absolute Gasteiger partial charge is 0.226 e. The summed E-state index contributed by atoms with van der Waals surface area (Å²) in [5.74, 6) is 1.48. The highest BCUT2D eigenvalue weighted by atomic mass is 16.5. The van der Waals surface area contributed by atoms with Crippen LogP contribution in [-0.2, 0) is 16.0 Å². The Morgan fingerprint density at radius 2 is 2.24 bits per heavy atom. The first kappa shape index (κ1) is 17.3. The zero-order valence-electron chi connectivity index (χ0n) is 14.7. The molecule has 1 amide bonds. The maximum absolute atomic E-state index is 12.2. The minimum atomic E-state index is -0.0759. The van der Waals surface area contributed by atoms with E-state index in [1.54, 1.807) is 26.4 Å². The fraction of sp³-hybridized carbons (Fsp3) is 0.529. The maximum atomic E-state index is 12.2. The predicted octanol–water partition coefficient (Wildman–Crippen LogP) is 1.03. The van der Waals surface area contributed by atoms with Crippen LogP contribution in [0, 0.1) is 13.8 Å². The molecule has 0 aromatic carbocycles. The number of carbonyl (C=O) groups excluding carboxylic acids is 1. The number of aryl methyl sites for hydroxylation is 2. The fourth-order valence-corrected chi connectivity index (χ4v) is 3.08. The Labute approximate surface area is 146 Å². The molecule has 25 heavy (non-hydrogen) atoms. The quantitative estimate of drug-likeness (QED) is 0.836. The molecule has 2 atom stereocenters. The SMILES string of the molecule is CO[C@H]1C[C@@H](CNC(=O)Cc2cc(C)on2)N(c2cc(C)ncn2)C1. The van der Waals surface area contributed by atoms with Crippen LogP contribution in [0.1, 0.15) is 23.6 Å². The molecule has 1 aliphatic rings. The number of hydrogen-bond donors (Lipinski definition) is 1. The van der Waals surface area contributed by atoms with E-state index in [0.29, 0.717) is 18.0 Å². The molecule has 2 aromatic rings. The normalized spacial score (nSPS) is 20.0. The predicted molar refractivity (Wildman–Crippen MR) is 91.3 cm³/mol. The van der Waals surface area contributed by atoms with Gasteiger partial charge >= 0.3 is 0 Å². The van der Waals surface area contributed by atoms with Crippen molar-refractivity contribution in [3.63, 3.8) is 0 Å². The summed E-state index contributed by atoms with van der Waals surface area (Å²) >= 11 is 0. The van der Waals surface area contributed by atoms with Crippen molar-refractivity contribution in [2.45, 2.75) is 38.8 Å². The topological polar surface area (TPSA) is 93.4 Å². The standard InChI is InChI=1S/C17H23N5O3/c1-11-4-16(20-10-19-11)22-9-15(24-3)7-14(22)8-18-17(23)6-13-5-12(2)25-21-13/h4-5,10,14-15H,6-9H2,1-3H3,(H,18,23)/t14-,15-/m0/s1. The number of amides is 1. The first-order chi connectivity index (χ1) is 12.0. The van der Waals surface area contributed by atoms with Crippen molar-refractivity contribution in [1.29, 1.82) is 0 Å². The maximum Gasteiger partial charge on any atom is 0.226 e. The highest BCUT2D eigenvalue weighted by Gasteiger charge is 2.33. The molecular formula is C17H23N5O3. The van der Waals surface area contributed by atoms with Crippen LogP contribution in [0.15, 0.2) is 23.0 Å². The summed E-state index contributed by atoms with van der Waals surface area (Å²) in [4.78, 5) is 22.8. The van der Waals surface area contributed by atoms with E-state index in [4.69, 9.17) is 9.26 Å². The monoisotopic (exact) mass is 345 g/mol. The van der Waals surface area contributed by atoms with E-state index in [2.05, 4.69) is 25.3 Å². The zero-order chi connectivity index (χ0) is 17.8. The van der Waals surface area contributed by atoms with E-state index >= 15 is 0 Å². The molecule has 0 spiro atoms. The van der Waals surface area contributed by atoms with Gasteiger partial charge in [0.05, 0.1) is 24.3 Å². The van der Waals surface area contributed by atoms with Crippen LogP contribution in [0.4, 0.5) is 5.82 Å². The van der Waals surface area contributed by atoms with Crippen LogP contribution in [0.25, 0.3) is 0 Å². The van der Waals surface area contributed by atoms with Crippen molar-refractivity contribution in [1.82, 2.24) is 20.4 Å². The summed E-state index contributed by atoms with van der Waals surface area (Å²) in [6.07, 6.45) is 2.73. The molecule has 1 saturated heterocycles. The van der Waals surface area contributed by atoms with E-state index < -0.39 is 0 Å². The molecule has 0 saturated carbocycles. The Kier molecular flexibility index (Phi) is 5.28. The van der Waals surface area contributed by atoms with E-state index in [0.717, 1.165) is 24.5 Å². The average molecular weight is 345 g/mol. The summed E-state index contributed by atoms with van der Waals surface area (Å²) in [6.45, 7) is 5.01. The summed E-state index contributed by atoms with van der Waals surface area (Å²) in [7, 11) is 1.71. The number of rotatable bonds is 6. The van der Waals surface area contributed by atoms with Gasteiger partial charge in [0.15, 0.2) is 0 Å². The summed E-state index contributed by atoms with van der Waals surface area (Å²) < 4.78 is 10.5. The van der Waals surface area contributed by atoms with Gasteiger partial charge in [-0.15, -0.1) is 0 Å². The summed E-state index contributed by atoms with van der Waals surface area (Å²) in [5.41, 5.74) is 1.55. The molecular weight excluding hydrogens is 322 g/mol. The third-order valence-electron chi connectivity index (χ3n) is 4.35. The second kappa shape index (κ2) is 7.60. The van der Waals surface area contributed by atoms with Gasteiger partial charge in [-0.2, -0.15) is 0 Å². The molecule has 8 nitrogen and oxygen atoms in total. The molecule has 0 unspecified atom stereocenters. The van der Waals surface area contributed by atoms with E-state index in [1.165, 1.54) is 0 Å². The van der Waals surface area contributed by atoms with Crippen molar-refractivity contribution < 1.29 is 14.1 Å². The minimum Gasteiger partial charge on any atom is -0.380 e. The Bertz CT molecular complexity index is 733. The summed E-state index contributed by atoms with van der Waals surface area (Å²) in [6, 6.07) is 3.85. The van der Waals surface area contributed by atoms with Gasteiger partial charge in [-0.05, 0) is 20.3 Å². The lowest BCUT2D eigenvalue weighted by Gasteiger charge is -2.25. The lowest BCUT2D eigenvalue weighted by molar-refractivity contribution is -0.120. The Hall–Kier alpha value is -2.48. The van der Waals surface area contributed by atoms with Crippen LogP contribution in [0.5, 0.6) is 0 Å². The lowest BCUT2D eigenvalue weighted by Crippen LogP contribution is -2.41. The van der Waals surface area contributed by atoms with Gasteiger partial charge in [0.1, 0.15) is 17.9 Å². The van der Waals surface area contributed by atoms with Crippen LogP contribution in [-0.4, -0.2) is 53.4 Å². The van der Waals surface area contributed by atoms with Crippen molar-refractivity contribution in [3.05, 3.63) is 35.6 Å². The van der Waals surface area contributed by atoms with Crippen LogP contribution < -0.4 is 10.2 Å². The van der Waals surface area contributed by atoms with Crippen LogP contribution in [0.3, 0.4) is 0 Å². The Balaban J connectivity index is 1.61. The van der Waals surface area contributed by atoms with Gasteiger partial charge in [-0.3, -0.25) is 4.79 Å². The molecule has 0 bridgehead atoms. The lowest BCUT2D eigenvalue weighted by atomic mass is 10.2. The summed E-state index contributed by atoms with van der Waals surface area (Å²) in [5, 5.41) is 6.83. The number of nitrogens with zero attached hydrogens (tertiary/aromatic N) is 4. The van der Waals surface area contributed by atoms with Gasteiger partial charge in [-0.1, -0.05) is 5.16 Å². The molecule has 0 aliphatic carbocycles. The fourth-order valence-electron chi connectivity index (χ4n) is 3.08. The molecule has 3 rings (SSSR count). The number of hydrogen-bond acceptors (Lipinski definition) is 7. The average Bonchev–Trinajstić information content (AvgIpc) is 3.19. The first-order valence-corrected chi connectivity index (χ1v) is 8.32. The molecule has 1 fully saturated rings. The van der Waals surface area contributed by atoms with Crippen LogP contribution >= 0.6 is 0 Å². The zero-order valence-corrected chi connectivity index (χ0v) is 14.7. The third kappa shape index (κ3) is 4.33. The molecule has 3 heterocycles. The second-order valence-corrected chi connectivity index (χ2v) is 6.33. The van der Waals surface area contributed by atoms with Gasteiger partial charge in [0.2, 0.25) is 5.91 Å². The number of anilines is 1. The van der Waals surface area contributed by atoms with Crippen molar-refractivity contribution in [2.75, 3.05) is 25.1 Å². The van der Waals surface area contributed by atoms with Crippen molar-refractivity contribution in [3.8, 4) is 0 Å². The van der Waals surface area contributed by atoms with E-state index in [-0.39, 0.29) is 24.5 Å². The van der Waals surface area contributed by atoms with Crippen molar-refractivity contribution in [2.24, 2.45) is 0 Å². The Morgan fingerprint density at radius 1 is 1.40 bits per heavy atom. The van der Waals surface area contributed by atoms with Gasteiger partial charge in [-0.25, -0.2) is 9.97 Å². The van der Waals surface area contributed by atoms with Gasteiger partial charge in [0, 0.05) is 38.0 Å². The van der Waals surface area contributed by atoms with E-state index in [1.807, 2.05) is 13.0 Å². The third-order valence-corrected chi connectivity index (χ3v) is 4.35. The highest BCUT2D eigenvalue weighted by molar-refractivity contribution is 5.78. The molecule has 134 valence electrons. The second-order valence-electron chi connectivity index (χ2n) is 6.33. The van der Waals surface area contributed by atoms with Crippen molar-refractivity contribution >= 4 is 11.7 Å². The highest BCUT2D eigenvalue weighted by Crippen LogP contribution is 2.25. The van der Waals surface area contributed by atoms with Crippen LogP contribution in [0.2, 0.25) is 0 Å². The van der Waals surface area contributed by atoms with Gasteiger partial charge < -0.3 is 19.5 Å². The number of ether oxygens (including phenoxy) is 1. The number of nitrogens with one attached hydrogen (secondary N) is 1. The molecule has 8 heteroatoms. The largest absolute Gasteiger partial charge is 0.380 e. The van der Waals surface area contributed by atoms with Gasteiger partial charge in [0.25, 0.3) is 0 Å². The number of carbonyl (C=O) groups is 1. The first-order valence-electron chi connectivity index (χ1n) is 8.32. The molecule has 0 radical (unpaired) electrons. The van der Waals surface area contributed by atoms with E-state index in [9.17, 15) is 4.79 Å².